The van der Waals surface area contributed by atoms with Crippen LogP contribution in [0.1, 0.15) is 28.7 Å². The minimum atomic E-state index is -0.959. The summed E-state index contributed by atoms with van der Waals surface area (Å²) in [5.74, 6) is -0.371. The zero-order valence-electron chi connectivity index (χ0n) is 11.3. The number of aromatic carboxylic acids is 1. The summed E-state index contributed by atoms with van der Waals surface area (Å²) in [4.78, 5) is 10.7. The van der Waals surface area contributed by atoms with Gasteiger partial charge in [0.25, 0.3) is 0 Å². The molecule has 2 aromatic rings. The average molecular weight is 295 g/mol. The van der Waals surface area contributed by atoms with Gasteiger partial charge in [0.2, 0.25) is 0 Å². The molecule has 1 N–H and O–H groups in total. The van der Waals surface area contributed by atoms with Gasteiger partial charge in [0.1, 0.15) is 12.4 Å². The summed E-state index contributed by atoms with van der Waals surface area (Å²) < 4.78 is 7.31. The first-order valence-corrected chi connectivity index (χ1v) is 6.57. The Labute approximate surface area is 121 Å². The zero-order valence-corrected chi connectivity index (χ0v) is 12.0. The molecule has 0 fully saturated rings. The number of carbonyl (C=O) groups is 1. The largest absolute Gasteiger partial charge is 0.487 e. The van der Waals surface area contributed by atoms with Crippen LogP contribution in [0.2, 0.25) is 5.02 Å². The van der Waals surface area contributed by atoms with Crippen molar-refractivity contribution < 1.29 is 14.6 Å². The Morgan fingerprint density at radius 3 is 2.55 bits per heavy atom. The van der Waals surface area contributed by atoms with Gasteiger partial charge in [-0.25, -0.2) is 4.79 Å². The van der Waals surface area contributed by atoms with Crippen molar-refractivity contribution in [2.45, 2.75) is 20.0 Å². The molecule has 5 nitrogen and oxygen atoms in total. The number of nitrogens with zero attached hydrogens (tertiary/aromatic N) is 2. The molecule has 0 aliphatic carbocycles. The van der Waals surface area contributed by atoms with Gasteiger partial charge in [0.15, 0.2) is 0 Å². The van der Waals surface area contributed by atoms with Crippen molar-refractivity contribution in [1.82, 2.24) is 9.78 Å². The van der Waals surface area contributed by atoms with E-state index in [-0.39, 0.29) is 12.2 Å². The van der Waals surface area contributed by atoms with Gasteiger partial charge >= 0.3 is 5.97 Å². The summed E-state index contributed by atoms with van der Waals surface area (Å²) >= 11 is 6.22. The summed E-state index contributed by atoms with van der Waals surface area (Å²) in [6.07, 6.45) is 0.764. The first kappa shape index (κ1) is 14.4. The topological polar surface area (TPSA) is 64.4 Å². The summed E-state index contributed by atoms with van der Waals surface area (Å²) in [7, 11) is 1.82. The van der Waals surface area contributed by atoms with Gasteiger partial charge in [0.05, 0.1) is 22.0 Å². The van der Waals surface area contributed by atoms with Crippen molar-refractivity contribution in [2.24, 2.45) is 7.05 Å². The van der Waals surface area contributed by atoms with E-state index in [2.05, 4.69) is 5.10 Å². The highest BCUT2D eigenvalue weighted by atomic mass is 35.5. The minimum absolute atomic E-state index is 0.226. The molecule has 0 aliphatic rings. The van der Waals surface area contributed by atoms with E-state index >= 15 is 0 Å². The van der Waals surface area contributed by atoms with Gasteiger partial charge in [-0.2, -0.15) is 5.10 Å². The lowest BCUT2D eigenvalue weighted by atomic mass is 10.2. The van der Waals surface area contributed by atoms with E-state index in [4.69, 9.17) is 21.4 Å². The number of hydrogen-bond donors (Lipinski definition) is 1. The lowest BCUT2D eigenvalue weighted by Crippen LogP contribution is -2.04. The molecule has 0 atom stereocenters. The Morgan fingerprint density at radius 1 is 1.40 bits per heavy atom. The number of rotatable bonds is 5. The number of benzene rings is 1. The van der Waals surface area contributed by atoms with E-state index in [9.17, 15) is 4.79 Å². The Morgan fingerprint density at radius 2 is 2.05 bits per heavy atom. The Kier molecular flexibility index (Phi) is 4.29. The fourth-order valence-electron chi connectivity index (χ4n) is 1.82. The van der Waals surface area contributed by atoms with Gasteiger partial charge in [-0.15, -0.1) is 0 Å². The Balaban J connectivity index is 2.09. The van der Waals surface area contributed by atoms with Crippen molar-refractivity contribution in [1.29, 1.82) is 0 Å². The van der Waals surface area contributed by atoms with Crippen molar-refractivity contribution in [3.05, 3.63) is 46.2 Å². The average Bonchev–Trinajstić information content (AvgIpc) is 2.71. The van der Waals surface area contributed by atoms with Crippen LogP contribution in [0.5, 0.6) is 5.75 Å². The van der Waals surface area contributed by atoms with Gasteiger partial charge in [0, 0.05) is 7.05 Å². The maximum absolute atomic E-state index is 10.7. The summed E-state index contributed by atoms with van der Waals surface area (Å²) in [5.41, 5.74) is 1.86. The lowest BCUT2D eigenvalue weighted by molar-refractivity contribution is 0.0697. The molecule has 0 aliphatic heterocycles. The monoisotopic (exact) mass is 294 g/mol. The van der Waals surface area contributed by atoms with E-state index in [1.807, 2.05) is 14.0 Å². The highest BCUT2D eigenvalue weighted by molar-refractivity contribution is 6.31. The Bertz CT molecular complexity index is 620. The predicted octanol–water partition coefficient (Wildman–Crippen LogP) is 2.91. The van der Waals surface area contributed by atoms with Crippen LogP contribution < -0.4 is 4.74 Å². The molecular formula is C14H15ClN2O3. The van der Waals surface area contributed by atoms with E-state index in [1.165, 1.54) is 12.1 Å². The molecule has 0 spiro atoms. The molecule has 0 amide bonds. The van der Waals surface area contributed by atoms with Crippen molar-refractivity contribution in [2.75, 3.05) is 0 Å². The van der Waals surface area contributed by atoms with Crippen LogP contribution in [0.4, 0.5) is 0 Å². The van der Waals surface area contributed by atoms with E-state index < -0.39 is 5.97 Å². The third-order valence-corrected chi connectivity index (χ3v) is 3.42. The van der Waals surface area contributed by atoms with Crippen LogP contribution in [-0.2, 0) is 20.1 Å². The van der Waals surface area contributed by atoms with E-state index in [0.717, 1.165) is 17.8 Å². The molecule has 0 saturated carbocycles. The molecule has 1 aromatic carbocycles. The molecule has 0 bridgehead atoms. The highest BCUT2D eigenvalue weighted by Crippen LogP contribution is 2.22. The smallest absolute Gasteiger partial charge is 0.335 e. The second-order valence-corrected chi connectivity index (χ2v) is 4.68. The van der Waals surface area contributed by atoms with Gasteiger partial charge < -0.3 is 9.84 Å². The number of ether oxygens (including phenoxy) is 1. The molecule has 2 rings (SSSR count). The maximum Gasteiger partial charge on any atom is 0.335 e. The quantitative estimate of drug-likeness (QED) is 0.921. The van der Waals surface area contributed by atoms with Crippen LogP contribution in [-0.4, -0.2) is 20.9 Å². The molecule has 1 heterocycles. The summed E-state index contributed by atoms with van der Waals surface area (Å²) in [6, 6.07) is 6.24. The molecule has 0 saturated heterocycles. The third-order valence-electron chi connectivity index (χ3n) is 2.98. The van der Waals surface area contributed by atoms with E-state index in [1.54, 1.807) is 16.8 Å². The standard InChI is InChI=1S/C14H15ClN2O3/c1-3-11-13(15)12(17(2)16-11)8-20-10-6-4-9(5-7-10)14(18)19/h4-7H,3,8H2,1-2H3,(H,18,19). The lowest BCUT2D eigenvalue weighted by Gasteiger charge is -2.07. The number of halogens is 1. The van der Waals surface area contributed by atoms with Crippen molar-refractivity contribution in [3.63, 3.8) is 0 Å². The molecule has 1 aromatic heterocycles. The SMILES string of the molecule is CCc1nn(C)c(COc2ccc(C(=O)O)cc2)c1Cl. The number of carboxylic acid groups (broad SMARTS) is 1. The third kappa shape index (κ3) is 2.93. The predicted molar refractivity (Wildman–Crippen MR) is 75.3 cm³/mol. The second kappa shape index (κ2) is 5.96. The molecule has 106 valence electrons. The number of aryl methyl sites for hydroxylation is 2. The minimum Gasteiger partial charge on any atom is -0.487 e. The zero-order chi connectivity index (χ0) is 14.7. The van der Waals surface area contributed by atoms with Gasteiger partial charge in [-0.3, -0.25) is 4.68 Å². The van der Waals surface area contributed by atoms with Crippen LogP contribution in [0.25, 0.3) is 0 Å². The van der Waals surface area contributed by atoms with Crippen molar-refractivity contribution in [3.8, 4) is 5.75 Å². The fourth-order valence-corrected chi connectivity index (χ4v) is 2.17. The van der Waals surface area contributed by atoms with Crippen LogP contribution in [0.3, 0.4) is 0 Å². The number of hydrogen-bond acceptors (Lipinski definition) is 3. The summed E-state index contributed by atoms with van der Waals surface area (Å²) in [5, 5.41) is 13.7. The highest BCUT2D eigenvalue weighted by Gasteiger charge is 2.13. The van der Waals surface area contributed by atoms with Crippen molar-refractivity contribution >= 4 is 17.6 Å². The molecular weight excluding hydrogens is 280 g/mol. The Hall–Kier alpha value is -2.01. The number of carboxylic acids is 1. The second-order valence-electron chi connectivity index (χ2n) is 4.30. The first-order valence-electron chi connectivity index (χ1n) is 6.19. The molecule has 6 heteroatoms. The van der Waals surface area contributed by atoms with Crippen LogP contribution in [0.15, 0.2) is 24.3 Å². The normalized spacial score (nSPS) is 10.6. The van der Waals surface area contributed by atoms with Crippen LogP contribution in [0, 0.1) is 0 Å². The van der Waals surface area contributed by atoms with Gasteiger partial charge in [-0.05, 0) is 30.7 Å². The maximum atomic E-state index is 10.7. The fraction of sp³-hybridized carbons (Fsp3) is 0.286. The molecule has 20 heavy (non-hydrogen) atoms. The summed E-state index contributed by atoms with van der Waals surface area (Å²) in [6.45, 7) is 2.28. The first-order chi connectivity index (χ1) is 9.52. The van der Waals surface area contributed by atoms with E-state index in [0.29, 0.717) is 10.8 Å². The number of aromatic nitrogens is 2. The molecule has 0 unspecified atom stereocenters. The van der Waals surface area contributed by atoms with Gasteiger partial charge in [-0.1, -0.05) is 18.5 Å². The van der Waals surface area contributed by atoms with Crippen LogP contribution >= 0.6 is 11.6 Å². The molecule has 0 radical (unpaired) electrons.